The van der Waals surface area contributed by atoms with Gasteiger partial charge >= 0.3 is 0 Å². The Hall–Kier alpha value is -3.49. The Balaban J connectivity index is 1.48. The van der Waals surface area contributed by atoms with Gasteiger partial charge in [-0.3, -0.25) is 14.2 Å². The van der Waals surface area contributed by atoms with Gasteiger partial charge in [0.05, 0.1) is 22.3 Å². The highest BCUT2D eigenvalue weighted by Crippen LogP contribution is 2.34. The number of amides is 1. The predicted molar refractivity (Wildman–Crippen MR) is 129 cm³/mol. The Kier molecular flexibility index (Phi) is 5.70. The van der Waals surface area contributed by atoms with Crippen LogP contribution >= 0.6 is 23.4 Å². The minimum atomic E-state index is -0.237. The van der Waals surface area contributed by atoms with Crippen LogP contribution in [-0.2, 0) is 4.79 Å². The van der Waals surface area contributed by atoms with Gasteiger partial charge in [0.2, 0.25) is 12.7 Å². The molecule has 5 rings (SSSR count). The third-order valence-corrected chi connectivity index (χ3v) is 6.49. The fourth-order valence-corrected chi connectivity index (χ4v) is 4.45. The minimum absolute atomic E-state index is 0.0564. The van der Waals surface area contributed by atoms with Crippen LogP contribution in [0.2, 0.25) is 5.02 Å². The highest BCUT2D eigenvalue weighted by Gasteiger charge is 2.19. The third kappa shape index (κ3) is 4.27. The van der Waals surface area contributed by atoms with Crippen molar-refractivity contribution in [1.29, 1.82) is 0 Å². The van der Waals surface area contributed by atoms with Crippen LogP contribution in [0.25, 0.3) is 16.6 Å². The van der Waals surface area contributed by atoms with Crippen molar-refractivity contribution >= 4 is 45.9 Å². The van der Waals surface area contributed by atoms with Gasteiger partial charge in [0.15, 0.2) is 16.7 Å². The number of hydrogen-bond acceptors (Lipinski definition) is 6. The van der Waals surface area contributed by atoms with Crippen LogP contribution in [0.4, 0.5) is 5.69 Å². The zero-order chi connectivity index (χ0) is 22.9. The van der Waals surface area contributed by atoms with Crippen molar-refractivity contribution in [3.63, 3.8) is 0 Å². The topological polar surface area (TPSA) is 82.5 Å². The lowest BCUT2D eigenvalue weighted by atomic mass is 10.2. The van der Waals surface area contributed by atoms with Gasteiger partial charge in [0.1, 0.15) is 0 Å². The number of para-hydroxylation sites is 1. The number of hydrogen-bond donors (Lipinski definition) is 1. The minimum Gasteiger partial charge on any atom is -0.454 e. The Morgan fingerprint density at radius 1 is 1.12 bits per heavy atom. The summed E-state index contributed by atoms with van der Waals surface area (Å²) in [6.45, 7) is 2.03. The summed E-state index contributed by atoms with van der Waals surface area (Å²) in [5.41, 5.74) is 2.45. The SMILES string of the molecule is Cc1ccc(NC(=O)CSc2nc3ccccc3c(=O)n2-c2ccc3c(c2)OCO3)cc1Cl. The van der Waals surface area contributed by atoms with E-state index in [0.717, 1.165) is 5.56 Å². The van der Waals surface area contributed by atoms with Crippen LogP contribution in [-0.4, -0.2) is 28.0 Å². The van der Waals surface area contributed by atoms with E-state index in [0.29, 0.717) is 44.0 Å². The summed E-state index contributed by atoms with van der Waals surface area (Å²) in [7, 11) is 0. The monoisotopic (exact) mass is 479 g/mol. The molecule has 7 nitrogen and oxygen atoms in total. The molecule has 0 radical (unpaired) electrons. The summed E-state index contributed by atoms with van der Waals surface area (Å²) in [6.07, 6.45) is 0. The van der Waals surface area contributed by atoms with E-state index < -0.39 is 0 Å². The molecule has 1 aliphatic heterocycles. The number of rotatable bonds is 5. The van der Waals surface area contributed by atoms with Crippen molar-refractivity contribution in [2.75, 3.05) is 17.9 Å². The number of carbonyl (C=O) groups excluding carboxylic acids is 1. The molecule has 1 amide bonds. The zero-order valence-electron chi connectivity index (χ0n) is 17.5. The van der Waals surface area contributed by atoms with Crippen molar-refractivity contribution in [2.24, 2.45) is 0 Å². The van der Waals surface area contributed by atoms with E-state index in [9.17, 15) is 9.59 Å². The molecule has 1 aliphatic rings. The summed E-state index contributed by atoms with van der Waals surface area (Å²) < 4.78 is 12.3. The first-order valence-electron chi connectivity index (χ1n) is 10.1. The van der Waals surface area contributed by atoms with Crippen LogP contribution in [0.1, 0.15) is 5.56 Å². The summed E-state index contributed by atoms with van der Waals surface area (Å²) in [4.78, 5) is 30.6. The number of nitrogens with one attached hydrogen (secondary N) is 1. The fourth-order valence-electron chi connectivity index (χ4n) is 3.46. The molecule has 0 bridgehead atoms. The number of nitrogens with zero attached hydrogens (tertiary/aromatic N) is 2. The van der Waals surface area contributed by atoms with Crippen molar-refractivity contribution < 1.29 is 14.3 Å². The molecule has 0 unspecified atom stereocenters. The number of benzene rings is 3. The molecule has 0 spiro atoms. The van der Waals surface area contributed by atoms with Gasteiger partial charge in [-0.15, -0.1) is 0 Å². The largest absolute Gasteiger partial charge is 0.454 e. The number of halogens is 1. The van der Waals surface area contributed by atoms with E-state index in [-0.39, 0.29) is 24.0 Å². The molecule has 0 atom stereocenters. The normalized spacial score (nSPS) is 12.2. The molecule has 1 N–H and O–H groups in total. The number of thioether (sulfide) groups is 1. The van der Waals surface area contributed by atoms with Gasteiger partial charge in [-0.1, -0.05) is 41.6 Å². The third-order valence-electron chi connectivity index (χ3n) is 5.15. The zero-order valence-corrected chi connectivity index (χ0v) is 19.1. The molecule has 9 heteroatoms. The van der Waals surface area contributed by atoms with Crippen molar-refractivity contribution in [3.05, 3.63) is 81.6 Å². The molecule has 0 saturated carbocycles. The van der Waals surface area contributed by atoms with Crippen LogP contribution in [0, 0.1) is 6.92 Å². The molecule has 0 fully saturated rings. The Bertz CT molecular complexity index is 1450. The Labute approximate surface area is 198 Å². The lowest BCUT2D eigenvalue weighted by Gasteiger charge is -2.14. The number of ether oxygens (including phenoxy) is 2. The summed E-state index contributed by atoms with van der Waals surface area (Å²) in [5.74, 6) is 0.990. The first-order chi connectivity index (χ1) is 16.0. The number of fused-ring (bicyclic) bond motifs is 2. The second-order valence-corrected chi connectivity index (χ2v) is 8.74. The second kappa shape index (κ2) is 8.80. The molecule has 0 aliphatic carbocycles. The molecule has 0 saturated heterocycles. The first-order valence-corrected chi connectivity index (χ1v) is 11.5. The Morgan fingerprint density at radius 2 is 1.94 bits per heavy atom. The molecule has 2 heterocycles. The average Bonchev–Trinajstić information content (AvgIpc) is 3.28. The number of anilines is 1. The molecule has 33 heavy (non-hydrogen) atoms. The van der Waals surface area contributed by atoms with Crippen molar-refractivity contribution in [1.82, 2.24) is 9.55 Å². The Morgan fingerprint density at radius 3 is 2.79 bits per heavy atom. The van der Waals surface area contributed by atoms with Gasteiger partial charge in [0.25, 0.3) is 5.56 Å². The number of aromatic nitrogens is 2. The lowest BCUT2D eigenvalue weighted by Crippen LogP contribution is -2.23. The number of aryl methyl sites for hydroxylation is 1. The highest BCUT2D eigenvalue weighted by molar-refractivity contribution is 7.99. The second-order valence-electron chi connectivity index (χ2n) is 7.39. The van der Waals surface area contributed by atoms with Crippen molar-refractivity contribution in [3.8, 4) is 17.2 Å². The molecule has 1 aromatic heterocycles. The quantitative estimate of drug-likeness (QED) is 0.327. The van der Waals surface area contributed by atoms with Crippen LogP contribution in [0.3, 0.4) is 0 Å². The number of carbonyl (C=O) groups is 1. The maximum absolute atomic E-state index is 13.4. The summed E-state index contributed by atoms with van der Waals surface area (Å²) >= 11 is 7.32. The lowest BCUT2D eigenvalue weighted by molar-refractivity contribution is -0.113. The van der Waals surface area contributed by atoms with Gasteiger partial charge in [-0.05, 0) is 48.9 Å². The summed E-state index contributed by atoms with van der Waals surface area (Å²) in [6, 6.07) is 17.7. The van der Waals surface area contributed by atoms with Crippen LogP contribution in [0.15, 0.2) is 70.6 Å². The fraction of sp³-hybridized carbons (Fsp3) is 0.125. The van der Waals surface area contributed by atoms with E-state index in [2.05, 4.69) is 10.3 Å². The first kappa shape index (κ1) is 21.4. The van der Waals surface area contributed by atoms with E-state index >= 15 is 0 Å². The maximum atomic E-state index is 13.4. The molecule has 166 valence electrons. The summed E-state index contributed by atoms with van der Waals surface area (Å²) in [5, 5.41) is 4.29. The van der Waals surface area contributed by atoms with Crippen molar-refractivity contribution in [2.45, 2.75) is 12.1 Å². The predicted octanol–water partition coefficient (Wildman–Crippen LogP) is 4.81. The van der Waals surface area contributed by atoms with Crippen LogP contribution in [0.5, 0.6) is 11.5 Å². The molecular formula is C24H18ClN3O4S. The molecular weight excluding hydrogens is 462 g/mol. The van der Waals surface area contributed by atoms with E-state index in [1.165, 1.54) is 16.3 Å². The van der Waals surface area contributed by atoms with E-state index in [4.69, 9.17) is 21.1 Å². The van der Waals surface area contributed by atoms with Gasteiger partial charge in [0, 0.05) is 16.8 Å². The smallest absolute Gasteiger partial charge is 0.266 e. The average molecular weight is 480 g/mol. The van der Waals surface area contributed by atoms with Gasteiger partial charge < -0.3 is 14.8 Å². The standard InChI is InChI=1S/C24H18ClN3O4S/c1-14-6-7-15(10-18(14)25)26-22(29)12-33-24-27-19-5-3-2-4-17(19)23(30)28(24)16-8-9-20-21(11-16)32-13-31-20/h2-11H,12-13H2,1H3,(H,26,29). The van der Waals surface area contributed by atoms with E-state index in [1.54, 1.807) is 48.5 Å². The molecule has 4 aromatic rings. The van der Waals surface area contributed by atoms with Gasteiger partial charge in [-0.25, -0.2) is 4.98 Å². The van der Waals surface area contributed by atoms with E-state index in [1.807, 2.05) is 19.1 Å². The highest BCUT2D eigenvalue weighted by atomic mass is 35.5. The maximum Gasteiger partial charge on any atom is 0.266 e. The van der Waals surface area contributed by atoms with Gasteiger partial charge in [-0.2, -0.15) is 0 Å². The molecule has 3 aromatic carbocycles. The van der Waals surface area contributed by atoms with Crippen LogP contribution < -0.4 is 20.3 Å².